The van der Waals surface area contributed by atoms with Crippen LogP contribution in [0.25, 0.3) is 0 Å². The van der Waals surface area contributed by atoms with Gasteiger partial charge >= 0.3 is 6.18 Å². The van der Waals surface area contributed by atoms with Gasteiger partial charge < -0.3 is 0 Å². The lowest BCUT2D eigenvalue weighted by molar-refractivity contribution is -0.130. The molecule has 1 aliphatic rings. The van der Waals surface area contributed by atoms with E-state index in [0.29, 0.717) is 12.3 Å². The standard InChI is InChI=1S/C13H21F3N2/c1-9(2)11-5-4-10(3)6-12(11,7-17)18-8-13(14,15)16/h9-11,18H,4-6,8H2,1-3H3. The first-order chi connectivity index (χ1) is 8.20. The Kier molecular flexibility index (Phi) is 4.66. The van der Waals surface area contributed by atoms with Crippen LogP contribution in [0.4, 0.5) is 13.2 Å². The fraction of sp³-hybridized carbons (Fsp3) is 0.923. The number of halogens is 3. The maximum absolute atomic E-state index is 12.4. The van der Waals surface area contributed by atoms with Crippen molar-refractivity contribution in [3.05, 3.63) is 0 Å². The number of rotatable bonds is 3. The van der Waals surface area contributed by atoms with Gasteiger partial charge in [-0.2, -0.15) is 18.4 Å². The molecule has 1 N–H and O–H groups in total. The highest BCUT2D eigenvalue weighted by molar-refractivity contribution is 5.14. The molecule has 5 heteroatoms. The minimum atomic E-state index is -4.27. The molecule has 0 spiro atoms. The third kappa shape index (κ3) is 3.61. The number of alkyl halides is 3. The van der Waals surface area contributed by atoms with Gasteiger partial charge in [0.25, 0.3) is 0 Å². The van der Waals surface area contributed by atoms with Crippen LogP contribution in [0.1, 0.15) is 40.0 Å². The van der Waals surface area contributed by atoms with Gasteiger partial charge in [0.2, 0.25) is 0 Å². The highest BCUT2D eigenvalue weighted by Crippen LogP contribution is 2.41. The Bertz CT molecular complexity index is 319. The molecule has 0 aliphatic heterocycles. The summed E-state index contributed by atoms with van der Waals surface area (Å²) >= 11 is 0. The average molecular weight is 262 g/mol. The molecular formula is C13H21F3N2. The first kappa shape index (κ1) is 15.3. The Labute approximate surface area is 107 Å². The van der Waals surface area contributed by atoms with Crippen LogP contribution in [0.2, 0.25) is 0 Å². The van der Waals surface area contributed by atoms with E-state index in [9.17, 15) is 18.4 Å². The largest absolute Gasteiger partial charge is 0.401 e. The Morgan fingerprint density at radius 3 is 2.44 bits per heavy atom. The minimum absolute atomic E-state index is 0.0129. The minimum Gasteiger partial charge on any atom is -0.291 e. The van der Waals surface area contributed by atoms with Crippen molar-refractivity contribution in [2.24, 2.45) is 17.8 Å². The summed E-state index contributed by atoms with van der Waals surface area (Å²) in [6, 6.07) is 2.14. The van der Waals surface area contributed by atoms with Crippen LogP contribution in [-0.2, 0) is 0 Å². The van der Waals surface area contributed by atoms with Crippen molar-refractivity contribution in [3.63, 3.8) is 0 Å². The molecule has 0 heterocycles. The van der Waals surface area contributed by atoms with E-state index in [4.69, 9.17) is 0 Å². The van der Waals surface area contributed by atoms with Crippen LogP contribution in [-0.4, -0.2) is 18.3 Å². The molecule has 0 aromatic carbocycles. The van der Waals surface area contributed by atoms with Gasteiger partial charge in [0.1, 0.15) is 5.54 Å². The maximum atomic E-state index is 12.4. The maximum Gasteiger partial charge on any atom is 0.401 e. The summed E-state index contributed by atoms with van der Waals surface area (Å²) in [4.78, 5) is 0. The molecule has 18 heavy (non-hydrogen) atoms. The molecule has 0 radical (unpaired) electrons. The van der Waals surface area contributed by atoms with Gasteiger partial charge in [-0.25, -0.2) is 0 Å². The lowest BCUT2D eigenvalue weighted by atomic mass is 9.65. The fourth-order valence-corrected chi connectivity index (χ4v) is 3.05. The Morgan fingerprint density at radius 1 is 1.39 bits per heavy atom. The predicted octanol–water partition coefficient (Wildman–Crippen LogP) is 3.49. The predicted molar refractivity (Wildman–Crippen MR) is 63.7 cm³/mol. The molecule has 0 aromatic rings. The molecule has 1 aliphatic carbocycles. The van der Waals surface area contributed by atoms with Crippen LogP contribution < -0.4 is 5.32 Å². The second-order valence-electron chi connectivity index (χ2n) is 5.79. The molecule has 1 rings (SSSR count). The molecule has 0 bridgehead atoms. The van der Waals surface area contributed by atoms with E-state index in [2.05, 4.69) is 11.4 Å². The molecule has 3 unspecified atom stereocenters. The first-order valence-electron chi connectivity index (χ1n) is 6.43. The van der Waals surface area contributed by atoms with Crippen molar-refractivity contribution in [3.8, 4) is 6.07 Å². The van der Waals surface area contributed by atoms with E-state index in [1.807, 2.05) is 20.8 Å². The summed E-state index contributed by atoms with van der Waals surface area (Å²) in [5, 5.41) is 11.9. The van der Waals surface area contributed by atoms with E-state index < -0.39 is 18.3 Å². The van der Waals surface area contributed by atoms with E-state index >= 15 is 0 Å². The second kappa shape index (κ2) is 5.48. The summed E-state index contributed by atoms with van der Waals surface area (Å²) < 4.78 is 37.1. The quantitative estimate of drug-likeness (QED) is 0.845. The summed E-state index contributed by atoms with van der Waals surface area (Å²) in [7, 11) is 0. The van der Waals surface area contributed by atoms with Crippen molar-refractivity contribution in [2.45, 2.75) is 51.7 Å². The summed E-state index contributed by atoms with van der Waals surface area (Å²) in [5.41, 5.74) is -1.03. The summed E-state index contributed by atoms with van der Waals surface area (Å²) in [6.07, 6.45) is -1.97. The topological polar surface area (TPSA) is 35.8 Å². The van der Waals surface area contributed by atoms with E-state index in [-0.39, 0.29) is 11.8 Å². The zero-order chi connectivity index (χ0) is 14.0. The lowest BCUT2D eigenvalue weighted by Crippen LogP contribution is -2.57. The van der Waals surface area contributed by atoms with E-state index in [0.717, 1.165) is 12.8 Å². The third-order valence-electron chi connectivity index (χ3n) is 3.88. The van der Waals surface area contributed by atoms with Crippen LogP contribution in [0.5, 0.6) is 0 Å². The monoisotopic (exact) mass is 262 g/mol. The third-order valence-corrected chi connectivity index (χ3v) is 3.88. The van der Waals surface area contributed by atoms with Crippen molar-refractivity contribution in [1.29, 1.82) is 5.26 Å². The van der Waals surface area contributed by atoms with Gasteiger partial charge in [-0.05, 0) is 30.6 Å². The smallest absolute Gasteiger partial charge is 0.291 e. The van der Waals surface area contributed by atoms with Gasteiger partial charge in [0, 0.05) is 0 Å². The number of nitrogens with zero attached hydrogens (tertiary/aromatic N) is 1. The Morgan fingerprint density at radius 2 is 2.00 bits per heavy atom. The Hall–Kier alpha value is -0.760. The molecule has 1 fully saturated rings. The number of hydrogen-bond donors (Lipinski definition) is 1. The summed E-state index contributed by atoms with van der Waals surface area (Å²) in [6.45, 7) is 4.86. The lowest BCUT2D eigenvalue weighted by Gasteiger charge is -2.44. The zero-order valence-corrected chi connectivity index (χ0v) is 11.1. The molecule has 0 aromatic heterocycles. The van der Waals surface area contributed by atoms with Crippen molar-refractivity contribution >= 4 is 0 Å². The van der Waals surface area contributed by atoms with Gasteiger partial charge in [0.15, 0.2) is 0 Å². The van der Waals surface area contributed by atoms with Gasteiger partial charge in [-0.1, -0.05) is 27.2 Å². The molecule has 0 saturated heterocycles. The SMILES string of the molecule is CC1CCC(C(C)C)C(C#N)(NCC(F)(F)F)C1. The first-order valence-corrected chi connectivity index (χ1v) is 6.43. The summed E-state index contributed by atoms with van der Waals surface area (Å²) in [5.74, 6) is 0.485. The van der Waals surface area contributed by atoms with Crippen molar-refractivity contribution in [1.82, 2.24) is 5.32 Å². The van der Waals surface area contributed by atoms with Gasteiger partial charge in [-0.15, -0.1) is 0 Å². The number of nitriles is 1. The van der Waals surface area contributed by atoms with Crippen molar-refractivity contribution < 1.29 is 13.2 Å². The number of hydrogen-bond acceptors (Lipinski definition) is 2. The molecule has 0 amide bonds. The van der Waals surface area contributed by atoms with Crippen LogP contribution in [0.15, 0.2) is 0 Å². The molecule has 104 valence electrons. The fourth-order valence-electron chi connectivity index (χ4n) is 3.05. The normalized spacial score (nSPS) is 33.4. The second-order valence-corrected chi connectivity index (χ2v) is 5.79. The van der Waals surface area contributed by atoms with Gasteiger partial charge in [0.05, 0.1) is 12.6 Å². The number of nitrogens with one attached hydrogen (secondary N) is 1. The van der Waals surface area contributed by atoms with E-state index in [1.165, 1.54) is 0 Å². The molecule has 3 atom stereocenters. The molecule has 2 nitrogen and oxygen atoms in total. The average Bonchev–Trinajstić information content (AvgIpc) is 2.25. The molecule has 1 saturated carbocycles. The highest BCUT2D eigenvalue weighted by Gasteiger charge is 2.46. The zero-order valence-electron chi connectivity index (χ0n) is 11.1. The van der Waals surface area contributed by atoms with Crippen molar-refractivity contribution in [2.75, 3.05) is 6.54 Å². The van der Waals surface area contributed by atoms with Crippen LogP contribution in [0.3, 0.4) is 0 Å². The molecular weight excluding hydrogens is 241 g/mol. The van der Waals surface area contributed by atoms with Crippen LogP contribution in [0, 0.1) is 29.1 Å². The van der Waals surface area contributed by atoms with Crippen LogP contribution >= 0.6 is 0 Å². The highest BCUT2D eigenvalue weighted by atomic mass is 19.4. The Balaban J connectivity index is 2.88. The van der Waals surface area contributed by atoms with Gasteiger partial charge in [-0.3, -0.25) is 5.32 Å². The van der Waals surface area contributed by atoms with E-state index in [1.54, 1.807) is 0 Å².